The number of benzene rings is 2. The maximum Gasteiger partial charge on any atom is 0.421 e. The van der Waals surface area contributed by atoms with Gasteiger partial charge in [-0.25, -0.2) is 8.42 Å². The molecule has 0 heterocycles. The third-order valence-corrected chi connectivity index (χ3v) is 7.26. The van der Waals surface area contributed by atoms with E-state index in [-0.39, 0.29) is 34.4 Å². The molecule has 1 aliphatic rings. The number of methoxy groups -OCH3 is 1. The Morgan fingerprint density at radius 3 is 2.31 bits per heavy atom. The lowest BCUT2D eigenvalue weighted by Gasteiger charge is -2.28. The zero-order valence-electron chi connectivity index (χ0n) is 17.6. The second kappa shape index (κ2) is 8.74. The minimum absolute atomic E-state index is 0.0622. The van der Waals surface area contributed by atoms with Crippen LogP contribution in [0.2, 0.25) is 0 Å². The summed E-state index contributed by atoms with van der Waals surface area (Å²) in [6, 6.07) is 9.54. The van der Waals surface area contributed by atoms with Crippen molar-refractivity contribution >= 4 is 21.4 Å². The summed E-state index contributed by atoms with van der Waals surface area (Å²) in [5.41, 5.74) is -2.83. The van der Waals surface area contributed by atoms with Crippen molar-refractivity contribution < 1.29 is 36.2 Å². The van der Waals surface area contributed by atoms with E-state index < -0.39 is 33.1 Å². The highest BCUT2D eigenvalue weighted by atomic mass is 32.2. The van der Waals surface area contributed by atoms with Crippen LogP contribution < -0.4 is 10.1 Å². The summed E-state index contributed by atoms with van der Waals surface area (Å²) >= 11 is 0. The lowest BCUT2D eigenvalue weighted by Crippen LogP contribution is -2.39. The standard InChI is InChI=1S/C22H24F3NO5S/c1-21(28,22(23,24)25)18-10-7-16(12-19(18)31-2)26-20(27)11-14-5-8-17(9-6-14)32(29,30)13-15-3-4-15/h5-10,12,15,28H,3-4,11,13H2,1-2H3,(H,26,27). The Kier molecular flexibility index (Phi) is 6.57. The fourth-order valence-electron chi connectivity index (χ4n) is 3.22. The van der Waals surface area contributed by atoms with Crippen LogP contribution in [0, 0.1) is 5.92 Å². The molecule has 1 amide bonds. The van der Waals surface area contributed by atoms with Gasteiger partial charge in [0, 0.05) is 17.3 Å². The second-order valence-electron chi connectivity index (χ2n) is 8.08. The van der Waals surface area contributed by atoms with Crippen LogP contribution in [-0.4, -0.2) is 38.5 Å². The number of aliphatic hydroxyl groups is 1. The van der Waals surface area contributed by atoms with Crippen molar-refractivity contribution in [1.29, 1.82) is 0 Å². The van der Waals surface area contributed by atoms with Gasteiger partial charge in [0.25, 0.3) is 0 Å². The van der Waals surface area contributed by atoms with Crippen molar-refractivity contribution in [2.24, 2.45) is 5.92 Å². The average Bonchev–Trinajstić information content (AvgIpc) is 3.50. The van der Waals surface area contributed by atoms with Gasteiger partial charge in [-0.15, -0.1) is 0 Å². The van der Waals surface area contributed by atoms with Crippen molar-refractivity contribution in [2.45, 2.75) is 42.9 Å². The Balaban J connectivity index is 1.68. The highest BCUT2D eigenvalue weighted by molar-refractivity contribution is 7.91. The fraction of sp³-hybridized carbons (Fsp3) is 0.409. The van der Waals surface area contributed by atoms with Crippen molar-refractivity contribution in [3.8, 4) is 5.75 Å². The van der Waals surface area contributed by atoms with Crippen LogP contribution in [0.15, 0.2) is 47.4 Å². The van der Waals surface area contributed by atoms with Gasteiger partial charge in [0.2, 0.25) is 5.91 Å². The number of hydrogen-bond donors (Lipinski definition) is 2. The van der Waals surface area contributed by atoms with Crippen LogP contribution in [0.25, 0.3) is 0 Å². The van der Waals surface area contributed by atoms with Gasteiger partial charge >= 0.3 is 6.18 Å². The van der Waals surface area contributed by atoms with E-state index in [0.717, 1.165) is 26.0 Å². The number of carbonyl (C=O) groups excluding carboxylic acids is 1. The molecule has 2 aromatic rings. The molecular weight excluding hydrogens is 447 g/mol. The molecular formula is C22H24F3NO5S. The molecule has 2 aromatic carbocycles. The predicted octanol–water partition coefficient (Wildman–Crippen LogP) is 3.83. The molecule has 6 nitrogen and oxygen atoms in total. The molecule has 10 heteroatoms. The van der Waals surface area contributed by atoms with Crippen molar-refractivity contribution in [1.82, 2.24) is 0 Å². The topological polar surface area (TPSA) is 92.7 Å². The smallest absolute Gasteiger partial charge is 0.421 e. The molecule has 1 atom stereocenters. The molecule has 0 aromatic heterocycles. The van der Waals surface area contributed by atoms with E-state index in [1.54, 1.807) is 12.1 Å². The number of rotatable bonds is 8. The van der Waals surface area contributed by atoms with E-state index >= 15 is 0 Å². The average molecular weight is 471 g/mol. The van der Waals surface area contributed by atoms with E-state index in [0.29, 0.717) is 12.5 Å². The summed E-state index contributed by atoms with van der Waals surface area (Å²) in [6.45, 7) is 0.623. The molecule has 32 heavy (non-hydrogen) atoms. The molecule has 0 aliphatic heterocycles. The van der Waals surface area contributed by atoms with E-state index in [9.17, 15) is 31.5 Å². The van der Waals surface area contributed by atoms with Gasteiger partial charge in [0.1, 0.15) is 5.75 Å². The first kappa shape index (κ1) is 24.1. The molecule has 0 bridgehead atoms. The number of halogens is 3. The van der Waals surface area contributed by atoms with Gasteiger partial charge in [-0.1, -0.05) is 18.2 Å². The second-order valence-corrected chi connectivity index (χ2v) is 10.1. The van der Waals surface area contributed by atoms with Crippen LogP contribution in [0.4, 0.5) is 18.9 Å². The maximum absolute atomic E-state index is 13.1. The number of anilines is 1. The SMILES string of the molecule is COc1cc(NC(=O)Cc2ccc(S(=O)(=O)CC3CC3)cc2)ccc1C(C)(O)C(F)(F)F. The monoisotopic (exact) mass is 471 g/mol. The van der Waals surface area contributed by atoms with E-state index in [1.165, 1.54) is 24.3 Å². The van der Waals surface area contributed by atoms with E-state index in [4.69, 9.17) is 4.74 Å². The Morgan fingerprint density at radius 2 is 1.78 bits per heavy atom. The molecule has 1 saturated carbocycles. The molecule has 1 fully saturated rings. The molecule has 1 unspecified atom stereocenters. The van der Waals surface area contributed by atoms with Crippen LogP contribution in [0.1, 0.15) is 30.9 Å². The highest BCUT2D eigenvalue weighted by Gasteiger charge is 2.52. The van der Waals surface area contributed by atoms with Crippen LogP contribution >= 0.6 is 0 Å². The highest BCUT2D eigenvalue weighted by Crippen LogP contribution is 2.43. The number of alkyl halides is 3. The summed E-state index contributed by atoms with van der Waals surface area (Å²) in [6.07, 6.45) is -3.12. The van der Waals surface area contributed by atoms with Crippen molar-refractivity contribution in [3.05, 3.63) is 53.6 Å². The first-order valence-electron chi connectivity index (χ1n) is 9.92. The van der Waals surface area contributed by atoms with Gasteiger partial charge in [0.05, 0.1) is 24.2 Å². The molecule has 174 valence electrons. The number of sulfone groups is 1. The third kappa shape index (κ3) is 5.42. The molecule has 0 radical (unpaired) electrons. The Bertz CT molecular complexity index is 1090. The zero-order valence-corrected chi connectivity index (χ0v) is 18.4. The van der Waals surface area contributed by atoms with Crippen LogP contribution in [0.5, 0.6) is 5.75 Å². The van der Waals surface area contributed by atoms with Crippen molar-refractivity contribution in [2.75, 3.05) is 18.2 Å². The normalized spacial score (nSPS) is 16.3. The third-order valence-electron chi connectivity index (χ3n) is 5.36. The maximum atomic E-state index is 13.1. The van der Waals surface area contributed by atoms with E-state index in [1.807, 2.05) is 0 Å². The van der Waals surface area contributed by atoms with Crippen molar-refractivity contribution in [3.63, 3.8) is 0 Å². The summed E-state index contributed by atoms with van der Waals surface area (Å²) in [4.78, 5) is 12.6. The molecule has 1 aliphatic carbocycles. The first-order chi connectivity index (χ1) is 14.8. The predicted molar refractivity (Wildman–Crippen MR) is 112 cm³/mol. The minimum atomic E-state index is -4.91. The van der Waals surface area contributed by atoms with Gasteiger partial charge in [-0.3, -0.25) is 4.79 Å². The number of ether oxygens (including phenoxy) is 1. The van der Waals surface area contributed by atoms with Gasteiger partial charge in [-0.2, -0.15) is 13.2 Å². The summed E-state index contributed by atoms with van der Waals surface area (Å²) in [5.74, 6) is -0.314. The largest absolute Gasteiger partial charge is 0.496 e. The lowest BCUT2D eigenvalue weighted by molar-refractivity contribution is -0.259. The first-order valence-corrected chi connectivity index (χ1v) is 11.6. The Hall–Kier alpha value is -2.59. The Labute approximate surface area is 184 Å². The Morgan fingerprint density at radius 1 is 1.16 bits per heavy atom. The number of amides is 1. The zero-order chi connectivity index (χ0) is 23.7. The fourth-order valence-corrected chi connectivity index (χ4v) is 4.92. The molecule has 3 rings (SSSR count). The summed E-state index contributed by atoms with van der Waals surface area (Å²) in [5, 5.41) is 12.5. The van der Waals surface area contributed by atoms with Gasteiger partial charge < -0.3 is 15.2 Å². The minimum Gasteiger partial charge on any atom is -0.496 e. The van der Waals surface area contributed by atoms with Gasteiger partial charge in [0.15, 0.2) is 15.4 Å². The van der Waals surface area contributed by atoms with Crippen LogP contribution in [0.3, 0.4) is 0 Å². The summed E-state index contributed by atoms with van der Waals surface area (Å²) in [7, 11) is -2.18. The number of hydrogen-bond acceptors (Lipinski definition) is 5. The van der Waals surface area contributed by atoms with E-state index in [2.05, 4.69) is 5.32 Å². The molecule has 0 spiro atoms. The molecule has 0 saturated heterocycles. The number of carbonyl (C=O) groups is 1. The number of nitrogens with one attached hydrogen (secondary N) is 1. The van der Waals surface area contributed by atoms with Crippen LogP contribution in [-0.2, 0) is 26.7 Å². The summed E-state index contributed by atoms with van der Waals surface area (Å²) < 4.78 is 69.0. The van der Waals surface area contributed by atoms with Gasteiger partial charge in [-0.05, 0) is 49.4 Å². The quantitative estimate of drug-likeness (QED) is 0.611. The lowest BCUT2D eigenvalue weighted by atomic mass is 9.94. The molecule has 2 N–H and O–H groups in total.